The van der Waals surface area contributed by atoms with Crippen LogP contribution < -0.4 is 11.1 Å². The van der Waals surface area contributed by atoms with Crippen LogP contribution in [0.2, 0.25) is 0 Å². The second kappa shape index (κ2) is 5.56. The molecule has 1 amide bonds. The van der Waals surface area contributed by atoms with Crippen LogP contribution in [-0.2, 0) is 0 Å². The number of rotatable bonds is 2. The summed E-state index contributed by atoms with van der Waals surface area (Å²) >= 11 is 1.74. The van der Waals surface area contributed by atoms with Crippen molar-refractivity contribution in [2.45, 2.75) is 18.9 Å². The molecular weight excluding hydrogens is 258 g/mol. The standard InChI is InChI=1S/C12H14F2N2OS/c13-7-4-9(11(14)10(15)5-7)12(17)16-8-2-1-3-18-6-8/h4-5,8H,1-3,6,15H2,(H,16,17). The molecule has 1 aromatic rings. The van der Waals surface area contributed by atoms with E-state index < -0.39 is 17.5 Å². The molecule has 0 bridgehead atoms. The van der Waals surface area contributed by atoms with Gasteiger partial charge in [0.2, 0.25) is 0 Å². The molecule has 1 fully saturated rings. The second-order valence-electron chi connectivity index (χ2n) is 4.24. The minimum absolute atomic E-state index is 0.0140. The van der Waals surface area contributed by atoms with Gasteiger partial charge in [-0.3, -0.25) is 4.79 Å². The average molecular weight is 272 g/mol. The molecule has 0 spiro atoms. The summed E-state index contributed by atoms with van der Waals surface area (Å²) in [4.78, 5) is 11.9. The Hall–Kier alpha value is -1.30. The molecule has 3 nitrogen and oxygen atoms in total. The van der Waals surface area contributed by atoms with Gasteiger partial charge in [-0.2, -0.15) is 11.8 Å². The smallest absolute Gasteiger partial charge is 0.254 e. The van der Waals surface area contributed by atoms with Crippen LogP contribution >= 0.6 is 11.8 Å². The molecule has 98 valence electrons. The van der Waals surface area contributed by atoms with Crippen LogP contribution in [0.3, 0.4) is 0 Å². The summed E-state index contributed by atoms with van der Waals surface area (Å²) in [6.45, 7) is 0. The topological polar surface area (TPSA) is 55.1 Å². The van der Waals surface area contributed by atoms with Gasteiger partial charge >= 0.3 is 0 Å². The summed E-state index contributed by atoms with van der Waals surface area (Å²) < 4.78 is 26.7. The molecule has 3 N–H and O–H groups in total. The molecule has 1 aromatic carbocycles. The van der Waals surface area contributed by atoms with E-state index in [4.69, 9.17) is 5.73 Å². The fourth-order valence-electron chi connectivity index (χ4n) is 1.89. The van der Waals surface area contributed by atoms with Crippen LogP contribution in [0.15, 0.2) is 12.1 Å². The Labute approximate surface area is 108 Å². The van der Waals surface area contributed by atoms with E-state index in [0.717, 1.165) is 36.5 Å². The number of carbonyl (C=O) groups is 1. The van der Waals surface area contributed by atoms with Gasteiger partial charge < -0.3 is 11.1 Å². The highest BCUT2D eigenvalue weighted by atomic mass is 32.2. The molecule has 2 rings (SSSR count). The van der Waals surface area contributed by atoms with Crippen LogP contribution in [-0.4, -0.2) is 23.5 Å². The van der Waals surface area contributed by atoms with Crippen LogP contribution in [0.1, 0.15) is 23.2 Å². The Morgan fingerprint density at radius 1 is 1.44 bits per heavy atom. The number of halogens is 2. The number of hydrogen-bond donors (Lipinski definition) is 2. The maximum Gasteiger partial charge on any atom is 0.254 e. The van der Waals surface area contributed by atoms with Gasteiger partial charge in [-0.1, -0.05) is 0 Å². The van der Waals surface area contributed by atoms with Crippen molar-refractivity contribution in [2.75, 3.05) is 17.2 Å². The van der Waals surface area contributed by atoms with Crippen LogP contribution in [0.5, 0.6) is 0 Å². The van der Waals surface area contributed by atoms with Crippen molar-refractivity contribution in [3.05, 3.63) is 29.3 Å². The summed E-state index contributed by atoms with van der Waals surface area (Å²) in [5.74, 6) is -0.299. The zero-order valence-electron chi connectivity index (χ0n) is 9.71. The molecule has 1 atom stereocenters. The Kier molecular flexibility index (Phi) is 4.06. The maximum atomic E-state index is 13.6. The number of thioether (sulfide) groups is 1. The largest absolute Gasteiger partial charge is 0.396 e. The van der Waals surface area contributed by atoms with Crippen LogP contribution in [0, 0.1) is 11.6 Å². The second-order valence-corrected chi connectivity index (χ2v) is 5.39. The van der Waals surface area contributed by atoms with E-state index in [1.165, 1.54) is 0 Å². The Morgan fingerprint density at radius 3 is 2.89 bits per heavy atom. The molecule has 0 aliphatic carbocycles. The van der Waals surface area contributed by atoms with Crippen molar-refractivity contribution in [1.29, 1.82) is 0 Å². The molecule has 18 heavy (non-hydrogen) atoms. The van der Waals surface area contributed by atoms with E-state index in [1.807, 2.05) is 0 Å². The number of carbonyl (C=O) groups excluding carboxylic acids is 1. The highest BCUT2D eigenvalue weighted by Crippen LogP contribution is 2.20. The number of nitrogens with one attached hydrogen (secondary N) is 1. The molecule has 0 aromatic heterocycles. The lowest BCUT2D eigenvalue weighted by atomic mass is 10.1. The van der Waals surface area contributed by atoms with Gasteiger partial charge in [0, 0.05) is 11.8 Å². The van der Waals surface area contributed by atoms with Gasteiger partial charge in [-0.15, -0.1) is 0 Å². The van der Waals surface area contributed by atoms with Crippen molar-refractivity contribution in [3.63, 3.8) is 0 Å². The summed E-state index contributed by atoms with van der Waals surface area (Å²) in [6, 6.07) is 1.75. The molecule has 1 aliphatic heterocycles. The third kappa shape index (κ3) is 2.93. The molecule has 0 radical (unpaired) electrons. The van der Waals surface area contributed by atoms with Gasteiger partial charge in [0.15, 0.2) is 5.82 Å². The third-order valence-corrected chi connectivity index (χ3v) is 4.02. The van der Waals surface area contributed by atoms with Gasteiger partial charge in [-0.25, -0.2) is 8.78 Å². The summed E-state index contributed by atoms with van der Waals surface area (Å²) in [5, 5.41) is 2.71. The minimum atomic E-state index is -0.864. The van der Waals surface area contributed by atoms with E-state index in [-0.39, 0.29) is 17.3 Å². The van der Waals surface area contributed by atoms with E-state index in [1.54, 1.807) is 11.8 Å². The normalized spacial score (nSPS) is 19.6. The predicted molar refractivity (Wildman–Crippen MR) is 68.6 cm³/mol. The Morgan fingerprint density at radius 2 is 2.22 bits per heavy atom. The van der Waals surface area contributed by atoms with Crippen LogP contribution in [0.25, 0.3) is 0 Å². The first-order valence-corrected chi connectivity index (χ1v) is 6.86. The Balaban J connectivity index is 2.13. The summed E-state index contributed by atoms with van der Waals surface area (Å²) in [6.07, 6.45) is 1.88. The number of nitrogen functional groups attached to an aromatic ring is 1. The van der Waals surface area contributed by atoms with Crippen molar-refractivity contribution >= 4 is 23.4 Å². The zero-order chi connectivity index (χ0) is 13.1. The van der Waals surface area contributed by atoms with Crippen molar-refractivity contribution < 1.29 is 13.6 Å². The molecule has 1 saturated heterocycles. The van der Waals surface area contributed by atoms with Gasteiger partial charge in [0.1, 0.15) is 5.82 Å². The number of benzene rings is 1. The molecular formula is C12H14F2N2OS. The fourth-order valence-corrected chi connectivity index (χ4v) is 2.97. The van der Waals surface area contributed by atoms with Gasteiger partial charge in [-0.05, 0) is 30.7 Å². The quantitative estimate of drug-likeness (QED) is 0.811. The van der Waals surface area contributed by atoms with Crippen LogP contribution in [0.4, 0.5) is 14.5 Å². The zero-order valence-corrected chi connectivity index (χ0v) is 10.5. The number of nitrogens with two attached hydrogens (primary N) is 1. The monoisotopic (exact) mass is 272 g/mol. The van der Waals surface area contributed by atoms with E-state index >= 15 is 0 Å². The maximum absolute atomic E-state index is 13.6. The number of amides is 1. The molecule has 1 heterocycles. The fraction of sp³-hybridized carbons (Fsp3) is 0.417. The van der Waals surface area contributed by atoms with Crippen molar-refractivity contribution in [3.8, 4) is 0 Å². The summed E-state index contributed by atoms with van der Waals surface area (Å²) in [5.41, 5.74) is 4.61. The lowest BCUT2D eigenvalue weighted by Crippen LogP contribution is -2.38. The lowest BCUT2D eigenvalue weighted by molar-refractivity contribution is 0.0934. The molecule has 1 unspecified atom stereocenters. The minimum Gasteiger partial charge on any atom is -0.396 e. The Bertz CT molecular complexity index is 462. The predicted octanol–water partition coefficient (Wildman–Crippen LogP) is 2.17. The first kappa shape index (κ1) is 13.1. The first-order chi connectivity index (χ1) is 8.58. The lowest BCUT2D eigenvalue weighted by Gasteiger charge is -2.22. The molecule has 0 saturated carbocycles. The third-order valence-electron chi connectivity index (χ3n) is 2.81. The first-order valence-electron chi connectivity index (χ1n) is 5.71. The highest BCUT2D eigenvalue weighted by molar-refractivity contribution is 7.99. The van der Waals surface area contributed by atoms with Crippen molar-refractivity contribution in [2.24, 2.45) is 0 Å². The molecule has 1 aliphatic rings. The average Bonchev–Trinajstić information content (AvgIpc) is 2.35. The van der Waals surface area contributed by atoms with E-state index in [9.17, 15) is 13.6 Å². The van der Waals surface area contributed by atoms with E-state index in [0.29, 0.717) is 0 Å². The SMILES string of the molecule is Nc1cc(F)cc(C(=O)NC2CCCSC2)c1F. The van der Waals surface area contributed by atoms with Crippen molar-refractivity contribution in [1.82, 2.24) is 5.32 Å². The van der Waals surface area contributed by atoms with E-state index in [2.05, 4.69) is 5.32 Å². The number of anilines is 1. The van der Waals surface area contributed by atoms with Gasteiger partial charge in [0.25, 0.3) is 5.91 Å². The number of hydrogen-bond acceptors (Lipinski definition) is 3. The van der Waals surface area contributed by atoms with Gasteiger partial charge in [0.05, 0.1) is 11.3 Å². The highest BCUT2D eigenvalue weighted by Gasteiger charge is 2.20. The molecule has 6 heteroatoms. The summed E-state index contributed by atoms with van der Waals surface area (Å²) in [7, 11) is 0.